The van der Waals surface area contributed by atoms with E-state index in [2.05, 4.69) is 51.5 Å². The SMILES string of the molecule is CCNC(=NCc1ccc(C)cc1)NCC(C)(C)NS(C)(=O)=O.I. The van der Waals surface area contributed by atoms with Gasteiger partial charge in [-0.25, -0.2) is 18.1 Å². The number of benzene rings is 1. The molecule has 0 saturated carbocycles. The number of guanidine groups is 1. The van der Waals surface area contributed by atoms with Crippen molar-refractivity contribution in [2.24, 2.45) is 4.99 Å². The Hall–Kier alpha value is -0.870. The molecule has 0 aliphatic rings. The molecule has 0 bridgehead atoms. The van der Waals surface area contributed by atoms with Crippen LogP contribution in [0.25, 0.3) is 0 Å². The quantitative estimate of drug-likeness (QED) is 0.325. The summed E-state index contributed by atoms with van der Waals surface area (Å²) in [6.07, 6.45) is 1.16. The predicted molar refractivity (Wildman–Crippen MR) is 111 cm³/mol. The average molecular weight is 468 g/mol. The molecule has 1 aromatic carbocycles. The molecule has 0 aliphatic heterocycles. The fourth-order valence-electron chi connectivity index (χ4n) is 2.05. The molecule has 0 amide bonds. The van der Waals surface area contributed by atoms with Gasteiger partial charge in [-0.2, -0.15) is 0 Å². The summed E-state index contributed by atoms with van der Waals surface area (Å²) in [4.78, 5) is 4.53. The number of aliphatic imine (C=N–C) groups is 1. The lowest BCUT2D eigenvalue weighted by atomic mass is 10.1. The summed E-state index contributed by atoms with van der Waals surface area (Å²) in [5, 5.41) is 6.34. The molecule has 6 nitrogen and oxygen atoms in total. The van der Waals surface area contributed by atoms with Crippen LogP contribution in [0.2, 0.25) is 0 Å². The van der Waals surface area contributed by atoms with Crippen LogP contribution in [0.15, 0.2) is 29.3 Å². The van der Waals surface area contributed by atoms with E-state index in [1.165, 1.54) is 5.56 Å². The second-order valence-corrected chi connectivity index (χ2v) is 8.04. The maximum absolute atomic E-state index is 11.4. The summed E-state index contributed by atoms with van der Waals surface area (Å²) in [7, 11) is -3.25. The van der Waals surface area contributed by atoms with Crippen molar-refractivity contribution in [3.05, 3.63) is 35.4 Å². The number of halogens is 1. The number of nitrogens with zero attached hydrogens (tertiary/aromatic N) is 1. The number of hydrogen-bond donors (Lipinski definition) is 3. The van der Waals surface area contributed by atoms with Gasteiger partial charge in [-0.05, 0) is 33.3 Å². The molecular formula is C16H29IN4O2S. The minimum Gasteiger partial charge on any atom is -0.357 e. The van der Waals surface area contributed by atoms with Crippen molar-refractivity contribution in [1.82, 2.24) is 15.4 Å². The Morgan fingerprint density at radius 3 is 2.25 bits per heavy atom. The lowest BCUT2D eigenvalue weighted by Gasteiger charge is -2.26. The van der Waals surface area contributed by atoms with E-state index in [9.17, 15) is 8.42 Å². The third-order valence-electron chi connectivity index (χ3n) is 3.04. The van der Waals surface area contributed by atoms with Gasteiger partial charge in [-0.3, -0.25) is 0 Å². The highest BCUT2D eigenvalue weighted by Gasteiger charge is 2.22. The number of sulfonamides is 1. The molecule has 0 spiro atoms. The summed E-state index contributed by atoms with van der Waals surface area (Å²) < 4.78 is 25.3. The summed E-state index contributed by atoms with van der Waals surface area (Å²) in [6.45, 7) is 9.42. The molecule has 24 heavy (non-hydrogen) atoms. The first kappa shape index (κ1) is 23.1. The minimum atomic E-state index is -3.25. The topological polar surface area (TPSA) is 82.6 Å². The van der Waals surface area contributed by atoms with Crippen LogP contribution >= 0.6 is 24.0 Å². The molecule has 0 saturated heterocycles. The first-order valence-electron chi connectivity index (χ1n) is 7.68. The molecule has 3 N–H and O–H groups in total. The van der Waals surface area contributed by atoms with E-state index in [4.69, 9.17) is 0 Å². The van der Waals surface area contributed by atoms with E-state index in [0.29, 0.717) is 19.0 Å². The Morgan fingerprint density at radius 1 is 1.17 bits per heavy atom. The Morgan fingerprint density at radius 2 is 1.75 bits per heavy atom. The van der Waals surface area contributed by atoms with Crippen LogP contribution in [-0.4, -0.2) is 39.3 Å². The van der Waals surface area contributed by atoms with Gasteiger partial charge < -0.3 is 10.6 Å². The Kier molecular flexibility index (Phi) is 9.83. The van der Waals surface area contributed by atoms with Gasteiger partial charge in [0.1, 0.15) is 0 Å². The third kappa shape index (κ3) is 10.1. The van der Waals surface area contributed by atoms with Crippen molar-refractivity contribution in [1.29, 1.82) is 0 Å². The van der Waals surface area contributed by atoms with Crippen molar-refractivity contribution in [2.75, 3.05) is 19.3 Å². The third-order valence-corrected chi connectivity index (χ3v) is 3.97. The molecule has 0 atom stereocenters. The Balaban J connectivity index is 0.00000529. The lowest BCUT2D eigenvalue weighted by Crippen LogP contribution is -2.53. The largest absolute Gasteiger partial charge is 0.357 e. The van der Waals surface area contributed by atoms with Crippen LogP contribution in [0.5, 0.6) is 0 Å². The fraction of sp³-hybridized carbons (Fsp3) is 0.562. The second-order valence-electron chi connectivity index (χ2n) is 6.29. The van der Waals surface area contributed by atoms with E-state index in [1.807, 2.05) is 20.8 Å². The molecular weight excluding hydrogens is 439 g/mol. The van der Waals surface area contributed by atoms with Crippen LogP contribution in [0, 0.1) is 6.92 Å². The molecule has 0 radical (unpaired) electrons. The maximum Gasteiger partial charge on any atom is 0.209 e. The van der Waals surface area contributed by atoms with Crippen LogP contribution in [0.4, 0.5) is 0 Å². The molecule has 0 fully saturated rings. The van der Waals surface area contributed by atoms with Crippen LogP contribution < -0.4 is 15.4 Å². The molecule has 0 unspecified atom stereocenters. The van der Waals surface area contributed by atoms with E-state index in [-0.39, 0.29) is 24.0 Å². The van der Waals surface area contributed by atoms with Crippen LogP contribution in [0.1, 0.15) is 31.9 Å². The van der Waals surface area contributed by atoms with Crippen LogP contribution in [0.3, 0.4) is 0 Å². The van der Waals surface area contributed by atoms with Crippen molar-refractivity contribution in [3.8, 4) is 0 Å². The summed E-state index contributed by atoms with van der Waals surface area (Å²) in [5.74, 6) is 0.663. The highest BCUT2D eigenvalue weighted by molar-refractivity contribution is 14.0. The predicted octanol–water partition coefficient (Wildman–Crippen LogP) is 2.00. The molecule has 1 rings (SSSR count). The fourth-order valence-corrected chi connectivity index (χ4v) is 3.12. The van der Waals surface area contributed by atoms with Crippen LogP contribution in [-0.2, 0) is 16.6 Å². The number of aryl methyl sites for hydroxylation is 1. The van der Waals surface area contributed by atoms with E-state index >= 15 is 0 Å². The van der Waals surface area contributed by atoms with Gasteiger partial charge in [0.25, 0.3) is 0 Å². The number of nitrogens with one attached hydrogen (secondary N) is 3. The molecule has 8 heteroatoms. The summed E-state index contributed by atoms with van der Waals surface area (Å²) in [5.41, 5.74) is 1.74. The van der Waals surface area contributed by atoms with Gasteiger partial charge in [-0.15, -0.1) is 24.0 Å². The van der Waals surface area contributed by atoms with Crippen molar-refractivity contribution >= 4 is 40.0 Å². The summed E-state index contributed by atoms with van der Waals surface area (Å²) in [6, 6.07) is 8.23. The molecule has 1 aromatic rings. The lowest BCUT2D eigenvalue weighted by molar-refractivity contribution is 0.446. The molecule has 0 aromatic heterocycles. The van der Waals surface area contributed by atoms with E-state index in [1.54, 1.807) is 0 Å². The normalized spacial score (nSPS) is 12.5. The first-order chi connectivity index (χ1) is 10.6. The monoisotopic (exact) mass is 468 g/mol. The average Bonchev–Trinajstić information content (AvgIpc) is 2.41. The Bertz CT molecular complexity index is 628. The van der Waals surface area contributed by atoms with E-state index in [0.717, 1.165) is 18.4 Å². The zero-order valence-corrected chi connectivity index (χ0v) is 18.2. The number of rotatable bonds is 7. The smallest absolute Gasteiger partial charge is 0.209 e. The van der Waals surface area contributed by atoms with Crippen molar-refractivity contribution in [3.63, 3.8) is 0 Å². The molecule has 0 aliphatic carbocycles. The van der Waals surface area contributed by atoms with Gasteiger partial charge >= 0.3 is 0 Å². The van der Waals surface area contributed by atoms with Gasteiger partial charge in [0.15, 0.2) is 5.96 Å². The highest BCUT2D eigenvalue weighted by Crippen LogP contribution is 2.05. The standard InChI is InChI=1S/C16H28N4O2S.HI/c1-6-17-15(18-11-14-9-7-13(2)8-10-14)19-12-16(3,4)20-23(5,21)22;/h7-10,20H,6,11-12H2,1-5H3,(H2,17,18,19);1H. The molecule has 138 valence electrons. The highest BCUT2D eigenvalue weighted by atomic mass is 127. The maximum atomic E-state index is 11.4. The summed E-state index contributed by atoms with van der Waals surface area (Å²) >= 11 is 0. The second kappa shape index (κ2) is 10.2. The van der Waals surface area contributed by atoms with Gasteiger partial charge in [0, 0.05) is 18.6 Å². The van der Waals surface area contributed by atoms with Gasteiger partial charge in [0.2, 0.25) is 10.0 Å². The first-order valence-corrected chi connectivity index (χ1v) is 9.57. The number of hydrogen-bond acceptors (Lipinski definition) is 3. The zero-order valence-electron chi connectivity index (χ0n) is 15.0. The van der Waals surface area contributed by atoms with Crippen molar-refractivity contribution in [2.45, 2.75) is 39.8 Å². The van der Waals surface area contributed by atoms with Crippen molar-refractivity contribution < 1.29 is 8.42 Å². The minimum absolute atomic E-state index is 0. The molecule has 0 heterocycles. The van der Waals surface area contributed by atoms with Gasteiger partial charge in [-0.1, -0.05) is 29.8 Å². The van der Waals surface area contributed by atoms with E-state index < -0.39 is 15.6 Å². The zero-order chi connectivity index (χ0) is 17.5. The Labute approximate surface area is 163 Å². The van der Waals surface area contributed by atoms with Gasteiger partial charge in [0.05, 0.1) is 12.8 Å².